The summed E-state index contributed by atoms with van der Waals surface area (Å²) in [7, 11) is 0. The molecule has 0 aromatic rings. The van der Waals surface area contributed by atoms with Crippen LogP contribution in [0, 0.1) is 0 Å². The van der Waals surface area contributed by atoms with Crippen molar-refractivity contribution in [2.75, 3.05) is 32.7 Å². The lowest BCUT2D eigenvalue weighted by molar-refractivity contribution is 0.283. The molecule has 2 unspecified atom stereocenters. The molecule has 0 spiro atoms. The highest BCUT2D eigenvalue weighted by molar-refractivity contribution is 4.77. The van der Waals surface area contributed by atoms with Crippen LogP contribution in [0.5, 0.6) is 0 Å². The van der Waals surface area contributed by atoms with Crippen LogP contribution in [0.4, 0.5) is 0 Å². The lowest BCUT2D eigenvalue weighted by Crippen LogP contribution is -2.46. The Morgan fingerprint density at radius 3 is 2.71 bits per heavy atom. The van der Waals surface area contributed by atoms with Gasteiger partial charge in [-0.05, 0) is 58.8 Å². The number of hydrogen-bond donors (Lipinski definition) is 2. The van der Waals surface area contributed by atoms with Crippen molar-refractivity contribution in [1.82, 2.24) is 15.5 Å². The summed E-state index contributed by atoms with van der Waals surface area (Å²) in [6, 6.07) is 1.36. The van der Waals surface area contributed by atoms with E-state index in [1.807, 2.05) is 0 Å². The average Bonchev–Trinajstić information content (AvgIpc) is 2.36. The second kappa shape index (κ2) is 8.90. The average molecular weight is 241 g/mol. The van der Waals surface area contributed by atoms with Crippen molar-refractivity contribution in [3.05, 3.63) is 0 Å². The highest BCUT2D eigenvalue weighted by Gasteiger charge is 2.14. The minimum absolute atomic E-state index is 0.662. The fourth-order valence-electron chi connectivity index (χ4n) is 2.64. The van der Waals surface area contributed by atoms with Crippen LogP contribution in [0.3, 0.4) is 0 Å². The molecule has 3 nitrogen and oxygen atoms in total. The fraction of sp³-hybridized carbons (Fsp3) is 1.00. The van der Waals surface area contributed by atoms with Gasteiger partial charge in [-0.2, -0.15) is 0 Å². The molecule has 0 radical (unpaired) electrons. The molecular formula is C14H31N3. The number of piperidine rings is 1. The molecule has 2 N–H and O–H groups in total. The Kier molecular flexibility index (Phi) is 7.82. The number of hydrogen-bond acceptors (Lipinski definition) is 3. The number of rotatable bonds is 8. The third kappa shape index (κ3) is 6.39. The van der Waals surface area contributed by atoms with Gasteiger partial charge in [0.15, 0.2) is 0 Å². The third-order valence-corrected chi connectivity index (χ3v) is 3.82. The summed E-state index contributed by atoms with van der Waals surface area (Å²) in [5, 5.41) is 7.21. The highest BCUT2D eigenvalue weighted by atomic mass is 15.1. The van der Waals surface area contributed by atoms with Crippen LogP contribution in [0.25, 0.3) is 0 Å². The Morgan fingerprint density at radius 2 is 2.12 bits per heavy atom. The van der Waals surface area contributed by atoms with Gasteiger partial charge in [-0.3, -0.25) is 0 Å². The minimum Gasteiger partial charge on any atom is -0.315 e. The van der Waals surface area contributed by atoms with Gasteiger partial charge in [0.2, 0.25) is 0 Å². The lowest BCUT2D eigenvalue weighted by Gasteiger charge is -2.27. The monoisotopic (exact) mass is 241 g/mol. The van der Waals surface area contributed by atoms with Gasteiger partial charge in [-0.15, -0.1) is 0 Å². The molecule has 1 aliphatic rings. The normalized spacial score (nSPS) is 22.9. The summed E-state index contributed by atoms with van der Waals surface area (Å²) in [6.45, 7) is 12.8. The summed E-state index contributed by atoms with van der Waals surface area (Å²) in [5.74, 6) is 0. The van der Waals surface area contributed by atoms with E-state index in [0.717, 1.165) is 6.54 Å². The second-order valence-electron chi connectivity index (χ2n) is 5.28. The van der Waals surface area contributed by atoms with Crippen LogP contribution >= 0.6 is 0 Å². The van der Waals surface area contributed by atoms with Gasteiger partial charge >= 0.3 is 0 Å². The van der Waals surface area contributed by atoms with E-state index in [9.17, 15) is 0 Å². The Morgan fingerprint density at radius 1 is 1.35 bits per heavy atom. The maximum Gasteiger partial charge on any atom is 0.0195 e. The molecule has 0 aliphatic carbocycles. The van der Waals surface area contributed by atoms with Crippen molar-refractivity contribution in [1.29, 1.82) is 0 Å². The van der Waals surface area contributed by atoms with Gasteiger partial charge in [0, 0.05) is 18.6 Å². The van der Waals surface area contributed by atoms with Gasteiger partial charge in [-0.25, -0.2) is 0 Å². The van der Waals surface area contributed by atoms with Crippen molar-refractivity contribution < 1.29 is 0 Å². The van der Waals surface area contributed by atoms with Crippen LogP contribution in [-0.4, -0.2) is 49.7 Å². The predicted molar refractivity (Wildman–Crippen MR) is 75.5 cm³/mol. The van der Waals surface area contributed by atoms with Crippen LogP contribution in [-0.2, 0) is 0 Å². The van der Waals surface area contributed by atoms with Crippen molar-refractivity contribution in [3.8, 4) is 0 Å². The summed E-state index contributed by atoms with van der Waals surface area (Å²) in [4.78, 5) is 2.51. The largest absolute Gasteiger partial charge is 0.315 e. The van der Waals surface area contributed by atoms with E-state index in [1.165, 1.54) is 51.9 Å². The Balaban J connectivity index is 2.05. The first kappa shape index (κ1) is 14.9. The van der Waals surface area contributed by atoms with Gasteiger partial charge in [0.1, 0.15) is 0 Å². The van der Waals surface area contributed by atoms with E-state index in [0.29, 0.717) is 12.1 Å². The summed E-state index contributed by atoms with van der Waals surface area (Å²) in [5.41, 5.74) is 0. The zero-order valence-corrected chi connectivity index (χ0v) is 12.0. The molecule has 2 atom stereocenters. The molecule has 0 aromatic heterocycles. The van der Waals surface area contributed by atoms with Crippen LogP contribution in [0.15, 0.2) is 0 Å². The highest BCUT2D eigenvalue weighted by Crippen LogP contribution is 2.05. The zero-order chi connectivity index (χ0) is 12.5. The molecule has 0 bridgehead atoms. The zero-order valence-electron chi connectivity index (χ0n) is 12.0. The van der Waals surface area contributed by atoms with Crippen LogP contribution < -0.4 is 10.6 Å². The van der Waals surface area contributed by atoms with Crippen molar-refractivity contribution in [2.24, 2.45) is 0 Å². The molecular weight excluding hydrogens is 210 g/mol. The van der Waals surface area contributed by atoms with Crippen molar-refractivity contribution in [3.63, 3.8) is 0 Å². The van der Waals surface area contributed by atoms with E-state index in [-0.39, 0.29) is 0 Å². The molecule has 1 saturated heterocycles. The minimum atomic E-state index is 0.662. The first-order valence-electron chi connectivity index (χ1n) is 7.45. The van der Waals surface area contributed by atoms with Gasteiger partial charge < -0.3 is 15.5 Å². The third-order valence-electron chi connectivity index (χ3n) is 3.82. The lowest BCUT2D eigenvalue weighted by atomic mass is 10.1. The van der Waals surface area contributed by atoms with Gasteiger partial charge in [0.05, 0.1) is 0 Å². The SMILES string of the molecule is CCN(CC)CCCC(C)NC1CCCNC1. The predicted octanol–water partition coefficient (Wildman–Crippen LogP) is 1.84. The molecule has 1 rings (SSSR count). The smallest absolute Gasteiger partial charge is 0.0195 e. The first-order valence-corrected chi connectivity index (χ1v) is 7.45. The quantitative estimate of drug-likeness (QED) is 0.679. The Labute approximate surface area is 107 Å². The Bertz CT molecular complexity index is 174. The van der Waals surface area contributed by atoms with Crippen LogP contribution in [0.2, 0.25) is 0 Å². The molecule has 17 heavy (non-hydrogen) atoms. The summed E-state index contributed by atoms with van der Waals surface area (Å²) < 4.78 is 0. The van der Waals surface area contributed by atoms with E-state index in [1.54, 1.807) is 0 Å². The summed E-state index contributed by atoms with van der Waals surface area (Å²) in [6.07, 6.45) is 5.28. The molecule has 1 heterocycles. The van der Waals surface area contributed by atoms with Gasteiger partial charge in [-0.1, -0.05) is 13.8 Å². The van der Waals surface area contributed by atoms with E-state index < -0.39 is 0 Å². The summed E-state index contributed by atoms with van der Waals surface area (Å²) >= 11 is 0. The molecule has 0 amide bonds. The maximum atomic E-state index is 3.75. The molecule has 102 valence electrons. The topological polar surface area (TPSA) is 27.3 Å². The molecule has 1 fully saturated rings. The number of nitrogens with one attached hydrogen (secondary N) is 2. The van der Waals surface area contributed by atoms with E-state index in [4.69, 9.17) is 0 Å². The van der Waals surface area contributed by atoms with Crippen LogP contribution in [0.1, 0.15) is 46.5 Å². The van der Waals surface area contributed by atoms with Crippen molar-refractivity contribution in [2.45, 2.75) is 58.5 Å². The Hall–Kier alpha value is -0.120. The molecule has 1 aliphatic heterocycles. The molecule has 0 aromatic carbocycles. The first-order chi connectivity index (χ1) is 8.26. The van der Waals surface area contributed by atoms with E-state index >= 15 is 0 Å². The fourth-order valence-corrected chi connectivity index (χ4v) is 2.64. The number of nitrogens with zero attached hydrogens (tertiary/aromatic N) is 1. The maximum absolute atomic E-state index is 3.75. The van der Waals surface area contributed by atoms with Crippen molar-refractivity contribution >= 4 is 0 Å². The standard InChI is InChI=1S/C14H31N3/c1-4-17(5-2)11-7-8-13(3)16-14-9-6-10-15-12-14/h13-16H,4-12H2,1-3H3. The molecule has 0 saturated carbocycles. The second-order valence-corrected chi connectivity index (χ2v) is 5.28. The van der Waals surface area contributed by atoms with E-state index in [2.05, 4.69) is 36.3 Å². The molecule has 3 heteroatoms. The van der Waals surface area contributed by atoms with Gasteiger partial charge in [0.25, 0.3) is 0 Å².